The Balaban J connectivity index is 1.47. The number of nitrogens with two attached hydrogens (primary N) is 1. The molecular weight excluding hydrogens is 485 g/mol. The van der Waals surface area contributed by atoms with Gasteiger partial charge in [-0.05, 0) is 37.1 Å². The third kappa shape index (κ3) is 4.96. The molecule has 0 aliphatic carbocycles. The van der Waals surface area contributed by atoms with Crippen LogP contribution in [0, 0.1) is 5.82 Å². The Hall–Kier alpha value is -3.74. The molecule has 0 radical (unpaired) electrons. The van der Waals surface area contributed by atoms with Crippen LogP contribution in [0.4, 0.5) is 21.6 Å². The Kier molecular flexibility index (Phi) is 6.48. The summed E-state index contributed by atoms with van der Waals surface area (Å²) >= 11 is 0. The number of methoxy groups -OCH3 is 1. The highest BCUT2D eigenvalue weighted by atomic mass is 32.2. The van der Waals surface area contributed by atoms with Crippen LogP contribution in [0.25, 0.3) is 16.9 Å². The molecule has 0 atom stereocenters. The van der Waals surface area contributed by atoms with Crippen molar-refractivity contribution in [2.24, 2.45) is 5.14 Å². The van der Waals surface area contributed by atoms with Gasteiger partial charge in [-0.1, -0.05) is 18.2 Å². The van der Waals surface area contributed by atoms with Crippen LogP contribution in [0.1, 0.15) is 12.8 Å². The quantitative estimate of drug-likeness (QED) is 0.348. The monoisotopic (exact) mass is 511 g/mol. The molecule has 0 saturated carbocycles. The van der Waals surface area contributed by atoms with E-state index in [1.54, 1.807) is 35.1 Å². The molecule has 188 valence electrons. The summed E-state index contributed by atoms with van der Waals surface area (Å²) in [4.78, 5) is 11.3. The Bertz CT molecular complexity index is 1500. The van der Waals surface area contributed by atoms with Crippen LogP contribution >= 0.6 is 0 Å². The Labute approximate surface area is 208 Å². The lowest BCUT2D eigenvalue weighted by Gasteiger charge is -2.34. The van der Waals surface area contributed by atoms with E-state index >= 15 is 0 Å². The van der Waals surface area contributed by atoms with Crippen LogP contribution in [0.3, 0.4) is 0 Å². The van der Waals surface area contributed by atoms with Gasteiger partial charge in [0.25, 0.3) is 10.2 Å². The fourth-order valence-electron chi connectivity index (χ4n) is 4.51. The van der Waals surface area contributed by atoms with Crippen LogP contribution in [0.5, 0.6) is 5.75 Å². The second kappa shape index (κ2) is 9.72. The summed E-state index contributed by atoms with van der Waals surface area (Å²) < 4.78 is 47.2. The van der Waals surface area contributed by atoms with Crippen molar-refractivity contribution in [3.05, 3.63) is 66.9 Å². The number of aromatic nitrogens is 3. The van der Waals surface area contributed by atoms with Gasteiger partial charge in [0.15, 0.2) is 11.5 Å². The number of ether oxygens (including phenoxy) is 1. The number of hydrogen-bond acceptors (Lipinski definition) is 7. The molecule has 2 aromatic heterocycles. The average molecular weight is 512 g/mol. The van der Waals surface area contributed by atoms with Crippen molar-refractivity contribution in [1.29, 1.82) is 0 Å². The molecule has 0 unspecified atom stereocenters. The number of nitrogens with one attached hydrogen (secondary N) is 2. The first-order chi connectivity index (χ1) is 17.3. The topological polar surface area (TPSA) is 127 Å². The minimum absolute atomic E-state index is 0.199. The summed E-state index contributed by atoms with van der Waals surface area (Å²) in [6, 6.07) is 12.2. The number of imidazole rings is 1. The second-order valence-electron chi connectivity index (χ2n) is 8.52. The summed E-state index contributed by atoms with van der Waals surface area (Å²) in [7, 11) is -2.25. The van der Waals surface area contributed by atoms with E-state index in [1.807, 2.05) is 24.3 Å². The van der Waals surface area contributed by atoms with Crippen LogP contribution < -0.4 is 24.8 Å². The van der Waals surface area contributed by atoms with Gasteiger partial charge >= 0.3 is 0 Å². The molecule has 1 aliphatic rings. The van der Waals surface area contributed by atoms with E-state index in [-0.39, 0.29) is 11.6 Å². The number of hydrogen-bond donors (Lipinski definition) is 3. The van der Waals surface area contributed by atoms with E-state index in [0.717, 1.165) is 11.4 Å². The summed E-state index contributed by atoms with van der Waals surface area (Å²) in [5, 5.41) is 8.52. The number of fused-ring (bicyclic) bond motifs is 1. The van der Waals surface area contributed by atoms with Gasteiger partial charge in [0.05, 0.1) is 29.7 Å². The van der Waals surface area contributed by atoms with Gasteiger partial charge in [0.1, 0.15) is 11.6 Å². The summed E-state index contributed by atoms with van der Waals surface area (Å²) in [6.45, 7) is 1.29. The van der Waals surface area contributed by atoms with E-state index in [0.29, 0.717) is 48.8 Å². The fourth-order valence-corrected chi connectivity index (χ4v) is 5.21. The van der Waals surface area contributed by atoms with Gasteiger partial charge in [-0.3, -0.25) is 0 Å². The molecule has 1 aliphatic heterocycles. The maximum atomic E-state index is 14.8. The molecule has 0 bridgehead atoms. The number of piperidine rings is 1. The van der Waals surface area contributed by atoms with Crippen molar-refractivity contribution in [1.82, 2.24) is 19.1 Å². The van der Waals surface area contributed by atoms with E-state index in [1.165, 1.54) is 13.2 Å². The predicted molar refractivity (Wildman–Crippen MR) is 136 cm³/mol. The third-order valence-corrected chi connectivity index (χ3v) is 6.81. The molecule has 4 aromatic rings. The Morgan fingerprint density at radius 2 is 1.92 bits per heavy atom. The zero-order valence-electron chi connectivity index (χ0n) is 19.6. The smallest absolute Gasteiger partial charge is 0.274 e. The van der Waals surface area contributed by atoms with Crippen molar-refractivity contribution in [2.75, 3.05) is 30.4 Å². The maximum absolute atomic E-state index is 14.8. The largest absolute Gasteiger partial charge is 0.496 e. The highest BCUT2D eigenvalue weighted by Crippen LogP contribution is 2.35. The van der Waals surface area contributed by atoms with Crippen molar-refractivity contribution in [3.8, 4) is 17.0 Å². The highest BCUT2D eigenvalue weighted by Gasteiger charge is 2.24. The standard InChI is InChI=1S/C24H26FN7O3S/c1-35-21-8-4-5-17(25)22(21)19-15-32-14-11-27-24(32)23(29-19)28-18-6-2-3-7-20(18)31-12-9-16(10-13-31)30-36(26,33)34/h2-8,11,14-16,30H,9-10,12-13H2,1H3,(H,28,29)(H2,26,33,34). The molecule has 0 spiro atoms. The van der Waals surface area contributed by atoms with E-state index in [9.17, 15) is 12.8 Å². The van der Waals surface area contributed by atoms with E-state index in [2.05, 4.69) is 19.9 Å². The van der Waals surface area contributed by atoms with Crippen molar-refractivity contribution in [3.63, 3.8) is 0 Å². The number of rotatable bonds is 7. The molecule has 2 aromatic carbocycles. The van der Waals surface area contributed by atoms with E-state index in [4.69, 9.17) is 14.9 Å². The number of nitrogens with zero attached hydrogens (tertiary/aromatic N) is 4. The molecule has 12 heteroatoms. The minimum Gasteiger partial charge on any atom is -0.496 e. The number of benzene rings is 2. The lowest BCUT2D eigenvalue weighted by Crippen LogP contribution is -2.46. The summed E-state index contributed by atoms with van der Waals surface area (Å²) in [5.41, 5.74) is 2.97. The zero-order valence-corrected chi connectivity index (χ0v) is 20.4. The number of para-hydroxylation sites is 2. The third-order valence-electron chi connectivity index (χ3n) is 6.15. The molecule has 10 nitrogen and oxygen atoms in total. The van der Waals surface area contributed by atoms with Crippen molar-refractivity contribution in [2.45, 2.75) is 18.9 Å². The molecule has 5 rings (SSSR count). The molecule has 36 heavy (non-hydrogen) atoms. The highest BCUT2D eigenvalue weighted by molar-refractivity contribution is 7.87. The minimum atomic E-state index is -3.74. The second-order valence-corrected chi connectivity index (χ2v) is 9.84. The van der Waals surface area contributed by atoms with Crippen LogP contribution in [0.15, 0.2) is 61.1 Å². The number of anilines is 3. The average Bonchev–Trinajstić information content (AvgIpc) is 3.33. The normalized spacial score (nSPS) is 14.8. The fraction of sp³-hybridized carbons (Fsp3) is 0.250. The van der Waals surface area contributed by atoms with Crippen molar-refractivity contribution < 1.29 is 17.5 Å². The van der Waals surface area contributed by atoms with Gasteiger partial charge in [0.2, 0.25) is 0 Å². The Morgan fingerprint density at radius 1 is 1.14 bits per heavy atom. The molecule has 0 amide bonds. The molecule has 1 fully saturated rings. The van der Waals surface area contributed by atoms with Crippen LogP contribution in [-0.4, -0.2) is 49.0 Å². The lowest BCUT2D eigenvalue weighted by atomic mass is 10.0. The number of halogens is 1. The first-order valence-corrected chi connectivity index (χ1v) is 12.9. The lowest BCUT2D eigenvalue weighted by molar-refractivity contribution is 0.413. The van der Waals surface area contributed by atoms with Gasteiger partial charge in [-0.2, -0.15) is 13.1 Å². The first kappa shape index (κ1) is 24.0. The van der Waals surface area contributed by atoms with Crippen LogP contribution in [0.2, 0.25) is 0 Å². The summed E-state index contributed by atoms with van der Waals surface area (Å²) in [5.74, 6) is 0.397. The van der Waals surface area contributed by atoms with Gasteiger partial charge in [-0.25, -0.2) is 19.5 Å². The maximum Gasteiger partial charge on any atom is 0.274 e. The van der Waals surface area contributed by atoms with Gasteiger partial charge in [-0.15, -0.1) is 0 Å². The molecule has 4 N–H and O–H groups in total. The molecule has 3 heterocycles. The van der Waals surface area contributed by atoms with Gasteiger partial charge < -0.3 is 19.4 Å². The van der Waals surface area contributed by atoms with Crippen molar-refractivity contribution >= 4 is 33.0 Å². The molecule has 1 saturated heterocycles. The SMILES string of the molecule is COc1cccc(F)c1-c1cn2ccnc2c(Nc2ccccc2N2CCC(NS(N)(=O)=O)CC2)n1. The first-order valence-electron chi connectivity index (χ1n) is 11.4. The zero-order chi connectivity index (χ0) is 25.3. The summed E-state index contributed by atoms with van der Waals surface area (Å²) in [6.07, 6.45) is 6.38. The Morgan fingerprint density at radius 3 is 2.67 bits per heavy atom. The van der Waals surface area contributed by atoms with Crippen LogP contribution in [-0.2, 0) is 10.2 Å². The molecular formula is C24H26FN7O3S. The van der Waals surface area contributed by atoms with E-state index < -0.39 is 16.0 Å². The van der Waals surface area contributed by atoms with Gasteiger partial charge in [0, 0.05) is 37.7 Å². The predicted octanol–water partition coefficient (Wildman–Crippen LogP) is 3.05.